The predicted molar refractivity (Wildman–Crippen MR) is 170 cm³/mol. The number of nitrogens with two attached hydrogens (primary N) is 1. The van der Waals surface area contributed by atoms with E-state index in [1.54, 1.807) is 24.5 Å². The number of nitrogen functional groups attached to an aromatic ring is 1. The standard InChI is InChI=1S/C35H30N8O/c36-21-25-12-16-38-32(19-25)44-29-13-17-42(18-14-29)23-24-8-10-28(11-9-24)43-34(30-7-4-15-39-33(30)37)41-31-20-27(22-40-35(31)43)26-5-2-1-3-6-26/h1-12,15-16,19-20,22,29H,13-14,17-18,23H2,(H2,37,39). The first-order chi connectivity index (χ1) is 21.6. The van der Waals surface area contributed by atoms with Crippen LogP contribution < -0.4 is 10.5 Å². The highest BCUT2D eigenvalue weighted by Gasteiger charge is 2.22. The summed E-state index contributed by atoms with van der Waals surface area (Å²) in [5, 5.41) is 9.13. The summed E-state index contributed by atoms with van der Waals surface area (Å²) in [6, 6.07) is 30.1. The van der Waals surface area contributed by atoms with Crippen molar-refractivity contribution in [2.24, 2.45) is 0 Å². The molecule has 2 N–H and O–H groups in total. The molecule has 1 aliphatic rings. The van der Waals surface area contributed by atoms with Crippen LogP contribution in [-0.4, -0.2) is 48.6 Å². The van der Waals surface area contributed by atoms with Gasteiger partial charge in [-0.25, -0.2) is 19.9 Å². The van der Waals surface area contributed by atoms with Crippen LogP contribution in [0.5, 0.6) is 5.88 Å². The molecule has 1 fully saturated rings. The van der Waals surface area contributed by atoms with E-state index in [-0.39, 0.29) is 6.10 Å². The lowest BCUT2D eigenvalue weighted by atomic mass is 10.1. The SMILES string of the molecule is N#Cc1ccnc(OC2CCN(Cc3ccc(-n4c(-c5cccnc5N)nc5cc(-c6ccccc6)cnc54)cc3)CC2)c1. The zero-order valence-corrected chi connectivity index (χ0v) is 24.0. The zero-order valence-electron chi connectivity index (χ0n) is 24.0. The van der Waals surface area contributed by atoms with Gasteiger partial charge in [0.2, 0.25) is 5.88 Å². The summed E-state index contributed by atoms with van der Waals surface area (Å²) in [5.74, 6) is 1.64. The quantitative estimate of drug-likeness (QED) is 0.244. The van der Waals surface area contributed by atoms with Crippen molar-refractivity contribution in [3.8, 4) is 40.2 Å². The Bertz CT molecular complexity index is 1960. The number of rotatable bonds is 7. The molecule has 0 radical (unpaired) electrons. The van der Waals surface area contributed by atoms with Gasteiger partial charge in [-0.15, -0.1) is 0 Å². The molecular weight excluding hydrogens is 548 g/mol. The van der Waals surface area contributed by atoms with Gasteiger partial charge in [0.05, 0.1) is 17.2 Å². The summed E-state index contributed by atoms with van der Waals surface area (Å²) in [6.45, 7) is 2.70. The van der Waals surface area contributed by atoms with E-state index >= 15 is 0 Å². The summed E-state index contributed by atoms with van der Waals surface area (Å²) in [6.07, 6.45) is 7.10. The Morgan fingerprint density at radius 2 is 1.68 bits per heavy atom. The largest absolute Gasteiger partial charge is 0.474 e. The number of nitrogens with zero attached hydrogens (tertiary/aromatic N) is 7. The molecule has 0 aliphatic carbocycles. The molecule has 6 aromatic rings. The Hall–Kier alpha value is -5.59. The van der Waals surface area contributed by atoms with Gasteiger partial charge in [-0.1, -0.05) is 42.5 Å². The number of aromatic nitrogens is 5. The van der Waals surface area contributed by atoms with E-state index in [9.17, 15) is 0 Å². The van der Waals surface area contributed by atoms with Crippen LogP contribution in [0.2, 0.25) is 0 Å². The minimum Gasteiger partial charge on any atom is -0.474 e. The van der Waals surface area contributed by atoms with Crippen LogP contribution in [0, 0.1) is 11.3 Å². The smallest absolute Gasteiger partial charge is 0.214 e. The number of fused-ring (bicyclic) bond motifs is 1. The van der Waals surface area contributed by atoms with Gasteiger partial charge < -0.3 is 10.5 Å². The molecule has 44 heavy (non-hydrogen) atoms. The number of likely N-dealkylation sites (tertiary alicyclic amines) is 1. The van der Waals surface area contributed by atoms with Crippen molar-refractivity contribution < 1.29 is 4.74 Å². The molecule has 0 bridgehead atoms. The second kappa shape index (κ2) is 12.0. The first-order valence-electron chi connectivity index (χ1n) is 14.6. The summed E-state index contributed by atoms with van der Waals surface area (Å²) in [7, 11) is 0. The highest BCUT2D eigenvalue weighted by Crippen LogP contribution is 2.32. The molecule has 7 rings (SSSR count). The molecule has 0 saturated carbocycles. The predicted octanol–water partition coefficient (Wildman–Crippen LogP) is 6.04. The van der Waals surface area contributed by atoms with E-state index in [1.165, 1.54) is 5.56 Å². The fourth-order valence-corrected chi connectivity index (χ4v) is 5.69. The number of benzene rings is 2. The molecule has 2 aromatic carbocycles. The second-order valence-corrected chi connectivity index (χ2v) is 10.9. The summed E-state index contributed by atoms with van der Waals surface area (Å²) >= 11 is 0. The topological polar surface area (TPSA) is 119 Å². The van der Waals surface area contributed by atoms with Crippen molar-refractivity contribution in [3.63, 3.8) is 0 Å². The molecule has 1 aliphatic heterocycles. The number of piperidine rings is 1. The van der Waals surface area contributed by atoms with Crippen molar-refractivity contribution in [1.82, 2.24) is 29.4 Å². The lowest BCUT2D eigenvalue weighted by Gasteiger charge is -2.31. The maximum atomic E-state index is 9.13. The number of hydrogen-bond acceptors (Lipinski definition) is 8. The van der Waals surface area contributed by atoms with Crippen molar-refractivity contribution >= 4 is 17.0 Å². The number of pyridine rings is 3. The molecule has 0 unspecified atom stereocenters. The third-order valence-corrected chi connectivity index (χ3v) is 7.97. The maximum absolute atomic E-state index is 9.13. The van der Waals surface area contributed by atoms with Crippen LogP contribution >= 0.6 is 0 Å². The van der Waals surface area contributed by atoms with Crippen LogP contribution in [0.1, 0.15) is 24.0 Å². The molecular formula is C35H30N8O. The van der Waals surface area contributed by atoms with Gasteiger partial charge in [-0.05, 0) is 60.4 Å². The van der Waals surface area contributed by atoms with Crippen molar-refractivity contribution in [3.05, 3.63) is 115 Å². The fraction of sp³-hybridized carbons (Fsp3) is 0.171. The Morgan fingerprint density at radius 1 is 0.864 bits per heavy atom. The summed E-state index contributed by atoms with van der Waals surface area (Å²) in [5.41, 5.74) is 13.5. The number of nitriles is 1. The van der Waals surface area contributed by atoms with Crippen LogP contribution in [0.15, 0.2) is 104 Å². The molecule has 1 saturated heterocycles. The Kier molecular flexibility index (Phi) is 7.41. The normalized spacial score (nSPS) is 14.0. The monoisotopic (exact) mass is 578 g/mol. The highest BCUT2D eigenvalue weighted by molar-refractivity contribution is 5.85. The highest BCUT2D eigenvalue weighted by atomic mass is 16.5. The lowest BCUT2D eigenvalue weighted by Crippen LogP contribution is -2.37. The van der Waals surface area contributed by atoms with E-state index in [4.69, 9.17) is 25.7 Å². The zero-order chi connectivity index (χ0) is 29.9. The van der Waals surface area contributed by atoms with Crippen molar-refractivity contribution in [2.75, 3.05) is 18.8 Å². The van der Waals surface area contributed by atoms with Crippen LogP contribution in [-0.2, 0) is 6.54 Å². The Labute approximate surface area is 255 Å². The van der Waals surface area contributed by atoms with Gasteiger partial charge in [0.25, 0.3) is 0 Å². The van der Waals surface area contributed by atoms with Crippen molar-refractivity contribution in [1.29, 1.82) is 5.26 Å². The van der Waals surface area contributed by atoms with Crippen LogP contribution in [0.25, 0.3) is 39.4 Å². The minimum atomic E-state index is 0.0952. The van der Waals surface area contributed by atoms with E-state index in [2.05, 4.69) is 68.0 Å². The first-order valence-corrected chi connectivity index (χ1v) is 14.6. The third kappa shape index (κ3) is 5.59. The number of ether oxygens (including phenoxy) is 1. The van der Waals surface area contributed by atoms with E-state index < -0.39 is 0 Å². The van der Waals surface area contributed by atoms with Gasteiger partial charge in [-0.2, -0.15) is 5.26 Å². The number of imidazole rings is 1. The fourth-order valence-electron chi connectivity index (χ4n) is 5.69. The van der Waals surface area contributed by atoms with Crippen LogP contribution in [0.4, 0.5) is 5.82 Å². The van der Waals surface area contributed by atoms with E-state index in [1.807, 2.05) is 36.5 Å². The average molecular weight is 579 g/mol. The van der Waals surface area contributed by atoms with Gasteiger partial charge in [-0.3, -0.25) is 9.47 Å². The van der Waals surface area contributed by atoms with Gasteiger partial charge in [0.1, 0.15) is 17.4 Å². The molecule has 5 heterocycles. The number of anilines is 1. The Balaban J connectivity index is 1.11. The lowest BCUT2D eigenvalue weighted by molar-refractivity contribution is 0.0932. The number of hydrogen-bond donors (Lipinski definition) is 1. The van der Waals surface area contributed by atoms with Crippen LogP contribution in [0.3, 0.4) is 0 Å². The summed E-state index contributed by atoms with van der Waals surface area (Å²) < 4.78 is 8.12. The van der Waals surface area contributed by atoms with E-state index in [0.717, 1.165) is 66.0 Å². The molecule has 4 aromatic heterocycles. The molecule has 0 amide bonds. The molecule has 9 heteroatoms. The second-order valence-electron chi connectivity index (χ2n) is 10.9. The van der Waals surface area contributed by atoms with Crippen molar-refractivity contribution in [2.45, 2.75) is 25.5 Å². The molecule has 0 spiro atoms. The summed E-state index contributed by atoms with van der Waals surface area (Å²) in [4.78, 5) is 20.9. The minimum absolute atomic E-state index is 0.0952. The van der Waals surface area contributed by atoms with Gasteiger partial charge >= 0.3 is 0 Å². The maximum Gasteiger partial charge on any atom is 0.214 e. The van der Waals surface area contributed by atoms with Gasteiger partial charge in [0.15, 0.2) is 11.5 Å². The molecule has 0 atom stereocenters. The van der Waals surface area contributed by atoms with E-state index in [0.29, 0.717) is 23.1 Å². The molecule has 9 nitrogen and oxygen atoms in total. The average Bonchev–Trinajstić information content (AvgIpc) is 3.45. The Morgan fingerprint density at radius 3 is 2.45 bits per heavy atom. The van der Waals surface area contributed by atoms with Gasteiger partial charge in [0, 0.05) is 55.5 Å². The molecule has 216 valence electrons. The third-order valence-electron chi connectivity index (χ3n) is 7.97. The first kappa shape index (κ1) is 27.3.